The van der Waals surface area contributed by atoms with Gasteiger partial charge >= 0.3 is 0 Å². The predicted molar refractivity (Wildman–Crippen MR) is 94.8 cm³/mol. The van der Waals surface area contributed by atoms with Crippen LogP contribution in [0, 0.1) is 12.8 Å². The summed E-state index contributed by atoms with van der Waals surface area (Å²) in [5.74, 6) is 0.691. The molecule has 1 unspecified atom stereocenters. The van der Waals surface area contributed by atoms with Gasteiger partial charge in [-0.05, 0) is 57.3 Å². The van der Waals surface area contributed by atoms with Crippen molar-refractivity contribution >= 4 is 17.2 Å². The quantitative estimate of drug-likeness (QED) is 0.885. The van der Waals surface area contributed by atoms with Crippen LogP contribution in [0.4, 0.5) is 0 Å². The molecule has 0 radical (unpaired) electrons. The number of nitrogens with one attached hydrogen (secondary N) is 2. The van der Waals surface area contributed by atoms with Gasteiger partial charge in [0.2, 0.25) is 0 Å². The molecule has 4 nitrogen and oxygen atoms in total. The molecule has 0 aliphatic carbocycles. The minimum absolute atomic E-state index is 0.00238. The lowest BCUT2D eigenvalue weighted by Gasteiger charge is -2.22. The van der Waals surface area contributed by atoms with Crippen LogP contribution in [-0.4, -0.2) is 30.5 Å². The Balaban J connectivity index is 1.56. The second kappa shape index (κ2) is 7.70. The van der Waals surface area contributed by atoms with E-state index in [0.717, 1.165) is 42.3 Å². The number of aromatic nitrogens is 1. The number of nitrogens with zero attached hydrogens (tertiary/aromatic N) is 1. The standard InChI is InChI=1S/C18H23N3OS/c1-13-21-17(12-23-13)15-5-2-6-16(10-15)18(22)20-9-7-14-4-3-8-19-11-14/h2,5-6,10,12,14,19H,3-4,7-9,11H2,1H3,(H,20,22). The fourth-order valence-corrected chi connectivity index (χ4v) is 3.60. The molecule has 1 amide bonds. The number of hydrogen-bond acceptors (Lipinski definition) is 4. The van der Waals surface area contributed by atoms with E-state index in [1.54, 1.807) is 11.3 Å². The van der Waals surface area contributed by atoms with Crippen molar-refractivity contribution in [3.05, 3.63) is 40.2 Å². The normalized spacial score (nSPS) is 17.9. The van der Waals surface area contributed by atoms with Gasteiger partial charge in [0.05, 0.1) is 10.7 Å². The highest BCUT2D eigenvalue weighted by Crippen LogP contribution is 2.22. The summed E-state index contributed by atoms with van der Waals surface area (Å²) in [5, 5.41) is 9.53. The molecule has 5 heteroatoms. The monoisotopic (exact) mass is 329 g/mol. The Morgan fingerprint density at radius 2 is 2.39 bits per heavy atom. The first-order valence-electron chi connectivity index (χ1n) is 8.24. The molecular weight excluding hydrogens is 306 g/mol. The lowest BCUT2D eigenvalue weighted by molar-refractivity contribution is 0.0950. The van der Waals surface area contributed by atoms with Crippen LogP contribution >= 0.6 is 11.3 Å². The zero-order valence-corrected chi connectivity index (χ0v) is 14.3. The lowest BCUT2D eigenvalue weighted by atomic mass is 9.96. The predicted octanol–water partition coefficient (Wildman–Crippen LogP) is 3.24. The summed E-state index contributed by atoms with van der Waals surface area (Å²) in [6.07, 6.45) is 3.55. The van der Waals surface area contributed by atoms with E-state index in [1.807, 2.05) is 36.6 Å². The fraction of sp³-hybridized carbons (Fsp3) is 0.444. The first kappa shape index (κ1) is 16.1. The van der Waals surface area contributed by atoms with Gasteiger partial charge in [-0.25, -0.2) is 4.98 Å². The highest BCUT2D eigenvalue weighted by molar-refractivity contribution is 7.09. The molecule has 1 aromatic heterocycles. The van der Waals surface area contributed by atoms with Gasteiger partial charge in [-0.3, -0.25) is 4.79 Å². The SMILES string of the molecule is Cc1nc(-c2cccc(C(=O)NCCC3CCCNC3)c2)cs1. The molecule has 122 valence electrons. The van der Waals surface area contributed by atoms with E-state index in [1.165, 1.54) is 12.8 Å². The second-order valence-electron chi connectivity index (χ2n) is 6.09. The number of benzene rings is 1. The van der Waals surface area contributed by atoms with E-state index >= 15 is 0 Å². The third kappa shape index (κ3) is 4.39. The Morgan fingerprint density at radius 3 is 3.13 bits per heavy atom. The molecule has 3 rings (SSSR count). The highest BCUT2D eigenvalue weighted by atomic mass is 32.1. The Hall–Kier alpha value is -1.72. The first-order valence-corrected chi connectivity index (χ1v) is 9.12. The number of carbonyl (C=O) groups is 1. The molecule has 0 bridgehead atoms. The van der Waals surface area contributed by atoms with Gasteiger partial charge in [0.1, 0.15) is 0 Å². The fourth-order valence-electron chi connectivity index (χ4n) is 2.98. The van der Waals surface area contributed by atoms with Gasteiger partial charge < -0.3 is 10.6 Å². The van der Waals surface area contributed by atoms with E-state index in [4.69, 9.17) is 0 Å². The van der Waals surface area contributed by atoms with Gasteiger partial charge in [-0.1, -0.05) is 12.1 Å². The molecule has 1 aromatic carbocycles. The van der Waals surface area contributed by atoms with Crippen molar-refractivity contribution in [2.24, 2.45) is 5.92 Å². The second-order valence-corrected chi connectivity index (χ2v) is 7.15. The Morgan fingerprint density at radius 1 is 1.48 bits per heavy atom. The van der Waals surface area contributed by atoms with Crippen molar-refractivity contribution in [3.63, 3.8) is 0 Å². The van der Waals surface area contributed by atoms with Gasteiger partial charge in [0, 0.05) is 23.1 Å². The van der Waals surface area contributed by atoms with Gasteiger partial charge in [0.15, 0.2) is 0 Å². The molecule has 2 aromatic rings. The van der Waals surface area contributed by atoms with Crippen LogP contribution in [0.2, 0.25) is 0 Å². The minimum atomic E-state index is 0.00238. The van der Waals surface area contributed by atoms with Gasteiger partial charge in [-0.2, -0.15) is 0 Å². The van der Waals surface area contributed by atoms with Crippen molar-refractivity contribution in [3.8, 4) is 11.3 Å². The summed E-state index contributed by atoms with van der Waals surface area (Å²) >= 11 is 1.63. The number of rotatable bonds is 5. The number of amides is 1. The number of piperidine rings is 1. The smallest absolute Gasteiger partial charge is 0.251 e. The first-order chi connectivity index (χ1) is 11.2. The molecule has 1 aliphatic rings. The summed E-state index contributed by atoms with van der Waals surface area (Å²) in [5.41, 5.74) is 2.64. The summed E-state index contributed by atoms with van der Waals surface area (Å²) in [7, 11) is 0. The largest absolute Gasteiger partial charge is 0.352 e. The van der Waals surface area contributed by atoms with Crippen molar-refractivity contribution in [2.45, 2.75) is 26.2 Å². The molecule has 1 saturated heterocycles. The highest BCUT2D eigenvalue weighted by Gasteiger charge is 2.13. The zero-order chi connectivity index (χ0) is 16.1. The number of thiazole rings is 1. The van der Waals surface area contributed by atoms with Crippen molar-refractivity contribution in [1.82, 2.24) is 15.6 Å². The molecular formula is C18H23N3OS. The third-order valence-corrected chi connectivity index (χ3v) is 5.05. The molecule has 1 aliphatic heterocycles. The van der Waals surface area contributed by atoms with Crippen molar-refractivity contribution in [2.75, 3.05) is 19.6 Å². The van der Waals surface area contributed by atoms with Crippen molar-refractivity contribution in [1.29, 1.82) is 0 Å². The van der Waals surface area contributed by atoms with Crippen LogP contribution < -0.4 is 10.6 Å². The topological polar surface area (TPSA) is 54.0 Å². The van der Waals surface area contributed by atoms with Gasteiger partial charge in [0.25, 0.3) is 5.91 Å². The lowest BCUT2D eigenvalue weighted by Crippen LogP contribution is -2.33. The molecule has 0 spiro atoms. The van der Waals surface area contributed by atoms with Crippen LogP contribution in [0.25, 0.3) is 11.3 Å². The average molecular weight is 329 g/mol. The number of aryl methyl sites for hydroxylation is 1. The Labute approximate surface area is 141 Å². The van der Waals surface area contributed by atoms with Crippen LogP contribution in [0.1, 0.15) is 34.6 Å². The number of hydrogen-bond donors (Lipinski definition) is 2. The maximum Gasteiger partial charge on any atom is 0.251 e. The Bertz CT molecular complexity index is 662. The summed E-state index contributed by atoms with van der Waals surface area (Å²) in [6, 6.07) is 7.70. The average Bonchev–Trinajstić information content (AvgIpc) is 3.02. The molecule has 23 heavy (non-hydrogen) atoms. The maximum absolute atomic E-state index is 12.3. The van der Waals surface area contributed by atoms with E-state index in [9.17, 15) is 4.79 Å². The molecule has 1 fully saturated rings. The van der Waals surface area contributed by atoms with E-state index in [2.05, 4.69) is 15.6 Å². The zero-order valence-electron chi connectivity index (χ0n) is 13.5. The third-order valence-electron chi connectivity index (χ3n) is 4.28. The molecule has 2 heterocycles. The van der Waals surface area contributed by atoms with Crippen LogP contribution in [0.15, 0.2) is 29.6 Å². The van der Waals surface area contributed by atoms with E-state index in [-0.39, 0.29) is 5.91 Å². The minimum Gasteiger partial charge on any atom is -0.352 e. The van der Waals surface area contributed by atoms with E-state index in [0.29, 0.717) is 11.5 Å². The molecule has 0 saturated carbocycles. The Kier molecular flexibility index (Phi) is 5.41. The van der Waals surface area contributed by atoms with Crippen LogP contribution in [0.3, 0.4) is 0 Å². The molecule has 2 N–H and O–H groups in total. The molecule has 1 atom stereocenters. The number of carbonyl (C=O) groups excluding carboxylic acids is 1. The van der Waals surface area contributed by atoms with E-state index < -0.39 is 0 Å². The van der Waals surface area contributed by atoms with Crippen LogP contribution in [-0.2, 0) is 0 Å². The van der Waals surface area contributed by atoms with Crippen molar-refractivity contribution < 1.29 is 4.79 Å². The summed E-state index contributed by atoms with van der Waals surface area (Å²) in [4.78, 5) is 16.8. The summed E-state index contributed by atoms with van der Waals surface area (Å²) in [6.45, 7) is 4.94. The van der Waals surface area contributed by atoms with Crippen LogP contribution in [0.5, 0.6) is 0 Å². The maximum atomic E-state index is 12.3. The summed E-state index contributed by atoms with van der Waals surface area (Å²) < 4.78 is 0. The van der Waals surface area contributed by atoms with Gasteiger partial charge in [-0.15, -0.1) is 11.3 Å².